The van der Waals surface area contributed by atoms with E-state index in [1.807, 2.05) is 24.3 Å². The van der Waals surface area contributed by atoms with Crippen molar-refractivity contribution >= 4 is 0 Å². The smallest absolute Gasteiger partial charge is 0.0725 e. The minimum Gasteiger partial charge on any atom is -0.372 e. The average Bonchev–Trinajstić information content (AvgIpc) is 2.56. The van der Waals surface area contributed by atoms with E-state index in [9.17, 15) is 0 Å². The third-order valence-corrected chi connectivity index (χ3v) is 3.75. The molecule has 0 atom stereocenters. The fraction of sp³-hybridized carbons (Fsp3) is 0.571. The highest BCUT2D eigenvalue weighted by Crippen LogP contribution is 2.09. The van der Waals surface area contributed by atoms with E-state index in [2.05, 4.69) is 30.9 Å². The first-order valence-electron chi connectivity index (χ1n) is 8.94. The van der Waals surface area contributed by atoms with Gasteiger partial charge in [0.05, 0.1) is 13.2 Å². The monoisotopic (exact) mass is 300 g/mol. The van der Waals surface area contributed by atoms with Crippen LogP contribution < -0.4 is 0 Å². The summed E-state index contributed by atoms with van der Waals surface area (Å²) in [6, 6.07) is 10.3. The lowest BCUT2D eigenvalue weighted by Gasteiger charge is -2.00. The zero-order valence-electron chi connectivity index (χ0n) is 14.2. The molecule has 0 radical (unpaired) electrons. The molecule has 0 heterocycles. The van der Waals surface area contributed by atoms with Crippen LogP contribution in [0, 0.1) is 0 Å². The van der Waals surface area contributed by atoms with E-state index in [0.29, 0.717) is 13.2 Å². The van der Waals surface area contributed by atoms with E-state index in [4.69, 9.17) is 4.74 Å². The van der Waals surface area contributed by atoms with Crippen molar-refractivity contribution in [3.63, 3.8) is 0 Å². The summed E-state index contributed by atoms with van der Waals surface area (Å²) in [5.74, 6) is 0. The Morgan fingerprint density at radius 3 is 2.27 bits per heavy atom. The molecule has 0 saturated carbocycles. The lowest BCUT2D eigenvalue weighted by Crippen LogP contribution is -1.91. The fourth-order valence-corrected chi connectivity index (χ4v) is 2.41. The van der Waals surface area contributed by atoms with Gasteiger partial charge in [-0.15, -0.1) is 5.73 Å². The molecule has 1 rings (SSSR count). The minimum atomic E-state index is 0.642. The number of ether oxygens (including phenoxy) is 1. The van der Waals surface area contributed by atoms with Crippen LogP contribution in [0.3, 0.4) is 0 Å². The molecular weight excluding hydrogens is 268 g/mol. The van der Waals surface area contributed by atoms with Crippen LogP contribution in [0.2, 0.25) is 0 Å². The van der Waals surface area contributed by atoms with Crippen molar-refractivity contribution in [3.8, 4) is 0 Å². The van der Waals surface area contributed by atoms with Gasteiger partial charge >= 0.3 is 0 Å². The Morgan fingerprint density at radius 1 is 0.864 bits per heavy atom. The molecule has 0 bridgehead atoms. The van der Waals surface area contributed by atoms with Gasteiger partial charge in [0.15, 0.2) is 0 Å². The van der Waals surface area contributed by atoms with Gasteiger partial charge in [-0.1, -0.05) is 82.2 Å². The molecule has 0 amide bonds. The second kappa shape index (κ2) is 14.6. The van der Waals surface area contributed by atoms with Crippen LogP contribution in [-0.2, 0) is 11.3 Å². The fourth-order valence-electron chi connectivity index (χ4n) is 2.41. The first kappa shape index (κ1) is 18.7. The van der Waals surface area contributed by atoms with Gasteiger partial charge in [-0.2, -0.15) is 0 Å². The summed E-state index contributed by atoms with van der Waals surface area (Å²) < 4.78 is 5.57. The largest absolute Gasteiger partial charge is 0.372 e. The Hall–Kier alpha value is -1.30. The molecule has 0 aliphatic rings. The van der Waals surface area contributed by atoms with Gasteiger partial charge in [-0.3, -0.25) is 0 Å². The summed E-state index contributed by atoms with van der Waals surface area (Å²) in [7, 11) is 0. The molecular formula is C21H32O. The molecule has 0 aliphatic carbocycles. The number of unbranched alkanes of at least 4 members (excludes halogenated alkanes) is 8. The van der Waals surface area contributed by atoms with Crippen LogP contribution in [-0.4, -0.2) is 6.61 Å². The molecule has 1 heteroatoms. The van der Waals surface area contributed by atoms with Crippen LogP contribution in [0.1, 0.15) is 70.3 Å². The highest BCUT2D eigenvalue weighted by atomic mass is 16.5. The van der Waals surface area contributed by atoms with Gasteiger partial charge in [0.25, 0.3) is 0 Å². The maximum atomic E-state index is 5.57. The van der Waals surface area contributed by atoms with Crippen LogP contribution in [0.5, 0.6) is 0 Å². The summed E-state index contributed by atoms with van der Waals surface area (Å²) >= 11 is 0. The predicted molar refractivity (Wildman–Crippen MR) is 96.0 cm³/mol. The van der Waals surface area contributed by atoms with Gasteiger partial charge in [0.2, 0.25) is 0 Å². The third-order valence-electron chi connectivity index (χ3n) is 3.75. The molecule has 0 fully saturated rings. The Balaban J connectivity index is 1.88. The molecule has 22 heavy (non-hydrogen) atoms. The van der Waals surface area contributed by atoms with Crippen molar-refractivity contribution < 1.29 is 4.74 Å². The first-order chi connectivity index (χ1) is 10.9. The van der Waals surface area contributed by atoms with Gasteiger partial charge in [-0.05, 0) is 30.6 Å². The highest BCUT2D eigenvalue weighted by Gasteiger charge is 1.90. The standard InChI is InChI=1S/C21H32O/c1-2-3-4-5-6-7-8-9-10-11-12-16-19-22-20-21-17-14-13-15-18-21/h11,13-18H,2-10,19-20H2,1H3. The molecule has 0 saturated heterocycles. The first-order valence-corrected chi connectivity index (χ1v) is 8.94. The van der Waals surface area contributed by atoms with Gasteiger partial charge in [0.1, 0.15) is 0 Å². The summed E-state index contributed by atoms with van der Waals surface area (Å²) in [6.45, 7) is 3.59. The van der Waals surface area contributed by atoms with E-state index >= 15 is 0 Å². The molecule has 1 aromatic rings. The second-order valence-electron chi connectivity index (χ2n) is 5.84. The maximum Gasteiger partial charge on any atom is 0.0725 e. The number of benzene rings is 1. The van der Waals surface area contributed by atoms with E-state index in [-0.39, 0.29) is 0 Å². The Kier molecular flexibility index (Phi) is 12.5. The molecule has 0 aromatic heterocycles. The predicted octanol–water partition coefficient (Wildman–Crippen LogP) is 6.45. The van der Waals surface area contributed by atoms with E-state index in [1.165, 1.54) is 56.9 Å². The van der Waals surface area contributed by atoms with Crippen molar-refractivity contribution in [2.24, 2.45) is 0 Å². The van der Waals surface area contributed by atoms with E-state index in [1.54, 1.807) is 0 Å². The van der Waals surface area contributed by atoms with E-state index in [0.717, 1.165) is 6.42 Å². The quantitative estimate of drug-likeness (QED) is 0.300. The lowest BCUT2D eigenvalue weighted by atomic mass is 10.1. The highest BCUT2D eigenvalue weighted by molar-refractivity contribution is 5.13. The minimum absolute atomic E-state index is 0.642. The normalized spacial score (nSPS) is 10.2. The SMILES string of the molecule is CCCCCCCCCCC=C=CCOCc1ccccc1. The molecule has 1 aromatic carbocycles. The van der Waals surface area contributed by atoms with Crippen molar-refractivity contribution in [1.29, 1.82) is 0 Å². The molecule has 122 valence electrons. The van der Waals surface area contributed by atoms with Gasteiger partial charge in [0, 0.05) is 0 Å². The van der Waals surface area contributed by atoms with Gasteiger partial charge < -0.3 is 4.74 Å². The van der Waals surface area contributed by atoms with Crippen molar-refractivity contribution in [2.75, 3.05) is 6.61 Å². The Morgan fingerprint density at radius 2 is 1.55 bits per heavy atom. The summed E-state index contributed by atoms with van der Waals surface area (Å²) in [5, 5.41) is 0. The summed E-state index contributed by atoms with van der Waals surface area (Å²) in [5.41, 5.74) is 4.44. The topological polar surface area (TPSA) is 9.23 Å². The maximum absolute atomic E-state index is 5.57. The lowest BCUT2D eigenvalue weighted by molar-refractivity contribution is 0.149. The second-order valence-corrected chi connectivity index (χ2v) is 5.84. The summed E-state index contributed by atoms with van der Waals surface area (Å²) in [4.78, 5) is 0. The molecule has 0 unspecified atom stereocenters. The molecule has 1 nitrogen and oxygen atoms in total. The molecule has 0 spiro atoms. The number of rotatable bonds is 13. The number of hydrogen-bond acceptors (Lipinski definition) is 1. The van der Waals surface area contributed by atoms with Crippen molar-refractivity contribution in [2.45, 2.75) is 71.3 Å². The van der Waals surface area contributed by atoms with Crippen LogP contribution >= 0.6 is 0 Å². The summed E-state index contributed by atoms with van der Waals surface area (Å²) in [6.07, 6.45) is 16.3. The van der Waals surface area contributed by atoms with Crippen LogP contribution in [0.15, 0.2) is 48.2 Å². The Bertz CT molecular complexity index is 401. The third kappa shape index (κ3) is 11.4. The molecule has 0 aliphatic heterocycles. The Labute approximate surface area is 137 Å². The van der Waals surface area contributed by atoms with Crippen molar-refractivity contribution in [1.82, 2.24) is 0 Å². The zero-order chi connectivity index (χ0) is 15.7. The van der Waals surface area contributed by atoms with Crippen molar-refractivity contribution in [3.05, 3.63) is 53.8 Å². The van der Waals surface area contributed by atoms with Crippen LogP contribution in [0.4, 0.5) is 0 Å². The zero-order valence-corrected chi connectivity index (χ0v) is 14.2. The average molecular weight is 300 g/mol. The molecule has 0 N–H and O–H groups in total. The van der Waals surface area contributed by atoms with Crippen LogP contribution in [0.25, 0.3) is 0 Å². The van der Waals surface area contributed by atoms with Gasteiger partial charge in [-0.25, -0.2) is 0 Å². The number of hydrogen-bond donors (Lipinski definition) is 0. The van der Waals surface area contributed by atoms with E-state index < -0.39 is 0 Å².